The van der Waals surface area contributed by atoms with Crippen molar-refractivity contribution in [1.82, 2.24) is 0 Å². The fourth-order valence-corrected chi connectivity index (χ4v) is 2.91. The number of nitrogens with zero attached hydrogens (tertiary/aromatic N) is 1. The van der Waals surface area contributed by atoms with Gasteiger partial charge in [0.2, 0.25) is 0 Å². The van der Waals surface area contributed by atoms with Crippen molar-refractivity contribution in [2.24, 2.45) is 11.1 Å². The van der Waals surface area contributed by atoms with Gasteiger partial charge in [0.1, 0.15) is 24.9 Å². The third-order valence-electron chi connectivity index (χ3n) is 3.64. The van der Waals surface area contributed by atoms with Gasteiger partial charge in [-0.15, -0.1) is 0 Å². The minimum Gasteiger partial charge on any atom is -0.395 e. The monoisotopic (exact) mass is 241 g/mol. The Hall–Kier alpha value is -0.690. The molecule has 0 bridgehead atoms. The molecule has 0 saturated carbocycles. The first-order valence-electron chi connectivity index (χ1n) is 5.96. The van der Waals surface area contributed by atoms with E-state index < -0.39 is 5.79 Å². The molecular weight excluding hydrogens is 226 g/mol. The van der Waals surface area contributed by atoms with Crippen molar-refractivity contribution in [2.45, 2.75) is 44.2 Å². The summed E-state index contributed by atoms with van der Waals surface area (Å²) in [7, 11) is 0. The lowest BCUT2D eigenvalue weighted by atomic mass is 9.93. The van der Waals surface area contributed by atoms with E-state index in [1.54, 1.807) is 0 Å². The maximum atomic E-state index is 5.86. The van der Waals surface area contributed by atoms with Crippen LogP contribution in [0.1, 0.15) is 13.8 Å². The molecule has 0 aromatic carbocycles. The van der Waals surface area contributed by atoms with E-state index in [1.807, 2.05) is 13.8 Å². The number of rotatable bonds is 0. The number of fused-ring (bicyclic) bond motifs is 5. The third-order valence-corrected chi connectivity index (χ3v) is 3.64. The van der Waals surface area contributed by atoms with Gasteiger partial charge in [0.15, 0.2) is 12.1 Å². The SMILES string of the molecule is CC1(C)O[C@H]2O[C@@H]3C4=NOC[C@H]4CO[C@@H]3[C@H]2O1. The van der Waals surface area contributed by atoms with Crippen LogP contribution >= 0.6 is 0 Å². The Balaban J connectivity index is 1.61. The van der Waals surface area contributed by atoms with Gasteiger partial charge >= 0.3 is 0 Å². The molecule has 3 saturated heterocycles. The van der Waals surface area contributed by atoms with Crippen LogP contribution in [0.4, 0.5) is 0 Å². The molecular formula is C11H15NO5. The zero-order valence-corrected chi connectivity index (χ0v) is 9.79. The van der Waals surface area contributed by atoms with Gasteiger partial charge in [-0.2, -0.15) is 0 Å². The van der Waals surface area contributed by atoms with Gasteiger partial charge in [-0.1, -0.05) is 5.16 Å². The number of ether oxygens (including phenoxy) is 4. The highest BCUT2D eigenvalue weighted by molar-refractivity contribution is 5.93. The summed E-state index contributed by atoms with van der Waals surface area (Å²) in [5, 5.41) is 4.06. The Morgan fingerprint density at radius 3 is 2.94 bits per heavy atom. The van der Waals surface area contributed by atoms with Gasteiger partial charge in [0, 0.05) is 0 Å². The Kier molecular flexibility index (Phi) is 1.93. The molecule has 4 aliphatic rings. The number of hydrogen-bond donors (Lipinski definition) is 0. The second-order valence-electron chi connectivity index (χ2n) is 5.33. The van der Waals surface area contributed by atoms with E-state index in [-0.39, 0.29) is 30.5 Å². The fraction of sp³-hybridized carbons (Fsp3) is 0.909. The van der Waals surface area contributed by atoms with Crippen molar-refractivity contribution in [3.8, 4) is 0 Å². The van der Waals surface area contributed by atoms with Crippen molar-refractivity contribution in [3.63, 3.8) is 0 Å². The van der Waals surface area contributed by atoms with E-state index in [4.69, 9.17) is 23.8 Å². The standard InChI is InChI=1S/C11H15NO5/c1-11(2)16-9-8-7(15-10(9)17-11)6-5(3-13-8)4-14-12-6/h5,7-10H,3-4H2,1-2H3/t5-,7-,8+,9-,10-/m1/s1. The van der Waals surface area contributed by atoms with Gasteiger partial charge in [0.25, 0.3) is 0 Å². The normalized spacial score (nSPS) is 50.2. The van der Waals surface area contributed by atoms with Crippen molar-refractivity contribution < 1.29 is 23.8 Å². The van der Waals surface area contributed by atoms with Gasteiger partial charge in [-0.25, -0.2) is 0 Å². The van der Waals surface area contributed by atoms with Crippen molar-refractivity contribution in [2.75, 3.05) is 13.2 Å². The summed E-state index contributed by atoms with van der Waals surface area (Å²) in [4.78, 5) is 5.11. The summed E-state index contributed by atoms with van der Waals surface area (Å²) in [6.45, 7) is 4.97. The molecule has 0 aliphatic carbocycles. The minimum atomic E-state index is -0.603. The third kappa shape index (κ3) is 1.38. The molecule has 5 atom stereocenters. The quantitative estimate of drug-likeness (QED) is 0.609. The topological polar surface area (TPSA) is 58.5 Å². The average molecular weight is 241 g/mol. The maximum Gasteiger partial charge on any atom is 0.190 e. The molecule has 0 aromatic heterocycles. The van der Waals surface area contributed by atoms with Crippen LogP contribution in [0, 0.1) is 5.92 Å². The second kappa shape index (κ2) is 3.20. The molecule has 4 rings (SSSR count). The maximum absolute atomic E-state index is 5.86. The number of oxime groups is 1. The van der Waals surface area contributed by atoms with E-state index in [2.05, 4.69) is 5.16 Å². The second-order valence-corrected chi connectivity index (χ2v) is 5.33. The molecule has 4 aliphatic heterocycles. The molecule has 0 radical (unpaired) electrons. The summed E-state index contributed by atoms with van der Waals surface area (Å²) in [6, 6.07) is 0. The molecule has 0 amide bonds. The van der Waals surface area contributed by atoms with Crippen LogP contribution in [0.2, 0.25) is 0 Å². The molecule has 6 heteroatoms. The highest BCUT2D eigenvalue weighted by atomic mass is 16.8. The van der Waals surface area contributed by atoms with Gasteiger partial charge in [0.05, 0.1) is 18.2 Å². The van der Waals surface area contributed by atoms with Crippen LogP contribution in [0.15, 0.2) is 5.16 Å². The van der Waals surface area contributed by atoms with Crippen molar-refractivity contribution in [1.29, 1.82) is 0 Å². The van der Waals surface area contributed by atoms with Crippen LogP contribution in [-0.4, -0.2) is 49.3 Å². The summed E-state index contributed by atoms with van der Waals surface area (Å²) >= 11 is 0. The highest BCUT2D eigenvalue weighted by Crippen LogP contribution is 2.42. The van der Waals surface area contributed by atoms with Gasteiger partial charge in [-0.3, -0.25) is 0 Å². The van der Waals surface area contributed by atoms with Crippen LogP contribution in [0.5, 0.6) is 0 Å². The summed E-state index contributed by atoms with van der Waals surface area (Å²) < 4.78 is 23.2. The predicted molar refractivity (Wildman–Crippen MR) is 55.3 cm³/mol. The van der Waals surface area contributed by atoms with Gasteiger partial charge in [-0.05, 0) is 13.8 Å². The lowest BCUT2D eigenvalue weighted by Gasteiger charge is -2.31. The molecule has 0 spiro atoms. The van der Waals surface area contributed by atoms with Gasteiger partial charge < -0.3 is 23.8 Å². The highest BCUT2D eigenvalue weighted by Gasteiger charge is 2.59. The Bertz CT molecular complexity index is 382. The molecule has 0 aromatic rings. The van der Waals surface area contributed by atoms with E-state index >= 15 is 0 Å². The van der Waals surface area contributed by atoms with Crippen LogP contribution < -0.4 is 0 Å². The lowest BCUT2D eigenvalue weighted by molar-refractivity contribution is -0.213. The average Bonchev–Trinajstić information content (AvgIpc) is 2.88. The molecule has 0 N–H and O–H groups in total. The first kappa shape index (κ1) is 10.3. The molecule has 94 valence electrons. The van der Waals surface area contributed by atoms with Crippen LogP contribution in [-0.2, 0) is 23.8 Å². The van der Waals surface area contributed by atoms with Crippen LogP contribution in [0.25, 0.3) is 0 Å². The molecule has 3 fully saturated rings. The summed E-state index contributed by atoms with van der Waals surface area (Å²) in [5.74, 6) is -0.378. The summed E-state index contributed by atoms with van der Waals surface area (Å²) in [6.07, 6.45) is -0.831. The summed E-state index contributed by atoms with van der Waals surface area (Å²) in [5.41, 5.74) is 0.945. The smallest absolute Gasteiger partial charge is 0.190 e. The minimum absolute atomic E-state index is 0.126. The van der Waals surface area contributed by atoms with E-state index in [0.29, 0.717) is 13.2 Å². The van der Waals surface area contributed by atoms with Crippen molar-refractivity contribution in [3.05, 3.63) is 0 Å². The van der Waals surface area contributed by atoms with Crippen LogP contribution in [0.3, 0.4) is 0 Å². The molecule has 4 heterocycles. The molecule has 17 heavy (non-hydrogen) atoms. The molecule has 6 nitrogen and oxygen atoms in total. The Morgan fingerprint density at radius 1 is 1.18 bits per heavy atom. The first-order chi connectivity index (χ1) is 8.14. The van der Waals surface area contributed by atoms with E-state index in [0.717, 1.165) is 5.71 Å². The Labute approximate surface area is 98.8 Å². The lowest BCUT2D eigenvalue weighted by Crippen LogP contribution is -2.48. The zero-order chi connectivity index (χ0) is 11.6. The van der Waals surface area contributed by atoms with E-state index in [9.17, 15) is 0 Å². The fourth-order valence-electron chi connectivity index (χ4n) is 2.91. The van der Waals surface area contributed by atoms with E-state index in [1.165, 1.54) is 0 Å². The van der Waals surface area contributed by atoms with Crippen molar-refractivity contribution >= 4 is 5.71 Å². The number of hydrogen-bond acceptors (Lipinski definition) is 6. The predicted octanol–water partition coefficient (Wildman–Crippen LogP) is 0.264. The first-order valence-corrected chi connectivity index (χ1v) is 5.96. The Morgan fingerprint density at radius 2 is 2.06 bits per heavy atom. The zero-order valence-electron chi connectivity index (χ0n) is 9.79. The largest absolute Gasteiger partial charge is 0.395 e. The molecule has 0 unspecified atom stereocenters.